The van der Waals surface area contributed by atoms with E-state index in [1.54, 1.807) is 34.6 Å². The van der Waals surface area contributed by atoms with E-state index in [2.05, 4.69) is 71.7 Å². The highest BCUT2D eigenvalue weighted by atomic mass is 32.2. The number of likely N-dealkylation sites (N-methyl/N-ethyl adjacent to an activating group) is 1. The number of carbonyl (C=O) groups is 1. The lowest BCUT2D eigenvalue weighted by molar-refractivity contribution is -0.318. The molecule has 4 aliphatic heterocycles. The molecule has 414 valence electrons. The lowest BCUT2D eigenvalue weighted by Gasteiger charge is -2.48. The predicted octanol–water partition coefficient (Wildman–Crippen LogP) is 7.31. The Labute approximate surface area is 448 Å². The van der Waals surface area contributed by atoms with E-state index < -0.39 is 96.0 Å². The first-order valence-corrected chi connectivity index (χ1v) is 28.5. The highest BCUT2D eigenvalue weighted by Crippen LogP contribution is 2.51. The molecular formula is C57H87N3O12S2. The molecule has 0 aliphatic carbocycles. The van der Waals surface area contributed by atoms with E-state index in [0.29, 0.717) is 39.0 Å². The summed E-state index contributed by atoms with van der Waals surface area (Å²) in [5, 5.41) is 64.3. The SMILES string of the molecule is CC[C@H]1OC(=O)[C@H](C)[C@@H](O[C@@H]2C[C@@](C)(OC)[C@@H](O)[C@@H](C)O2)[C@H](C)[C@@H](O[C@@H]2O[C@H](C)C[C@H](N(C)C)[C@H]2O)[C@](C)(O)C[C@@H](C)CN(CCCNCc2cc3c(s2)-c2ccccc2Sc2ccccc2-3)[C@H](C)[C@@H](O)[C@]1(C)O. The van der Waals surface area contributed by atoms with Gasteiger partial charge in [0, 0.05) is 75.3 Å². The molecular weight excluding hydrogens is 983 g/mol. The zero-order chi connectivity index (χ0) is 54.0. The maximum atomic E-state index is 14.7. The van der Waals surface area contributed by atoms with E-state index in [4.69, 9.17) is 28.4 Å². The van der Waals surface area contributed by atoms with Crippen LogP contribution in [0.5, 0.6) is 0 Å². The minimum Gasteiger partial charge on any atom is -0.459 e. The number of aliphatic hydroxyl groups excluding tert-OH is 3. The normalized spacial score (nSPS) is 38.7. The lowest BCUT2D eigenvalue weighted by Crippen LogP contribution is -2.60. The number of hydrogen-bond donors (Lipinski definition) is 6. The number of benzene rings is 2. The van der Waals surface area contributed by atoms with Gasteiger partial charge in [0.05, 0.1) is 41.5 Å². The quantitative estimate of drug-likeness (QED) is 0.0577. The van der Waals surface area contributed by atoms with Crippen LogP contribution in [0.15, 0.2) is 64.4 Å². The summed E-state index contributed by atoms with van der Waals surface area (Å²) in [6, 6.07) is 18.6. The fourth-order valence-corrected chi connectivity index (χ4v) is 14.4. The molecule has 0 spiro atoms. The predicted molar refractivity (Wildman–Crippen MR) is 289 cm³/mol. The summed E-state index contributed by atoms with van der Waals surface area (Å²) in [4.78, 5) is 23.8. The Bertz CT molecular complexity index is 2250. The number of methoxy groups -OCH3 is 1. The molecule has 7 rings (SSSR count). The summed E-state index contributed by atoms with van der Waals surface area (Å²) < 4.78 is 38.4. The van der Waals surface area contributed by atoms with Crippen LogP contribution in [-0.4, -0.2) is 172 Å². The second kappa shape index (κ2) is 24.6. The van der Waals surface area contributed by atoms with Gasteiger partial charge < -0.3 is 64.2 Å². The standard InChI is InChI=1S/C57H87N3O12S2/c1-14-45-57(10,66)50(62)36(6)60(25-19-24-58-30-38-27-41-39-20-15-17-22-43(39)74-44-23-18-16-21-40(44)49(41)73-38)31-32(2)28-55(8,65)52(72-54-47(61)42(59(11)12)26-33(3)68-54)34(4)48(35(5)53(64)70-45)71-46-29-56(9,67-13)51(63)37(7)69-46/h15-18,20-23,27,32-37,42,45-48,50-52,54,58,61-63,65-66H,14,19,24-26,28-31H2,1-13H3/t32-,33-,34+,35-,36-,37-,42+,45-,46-,47-,48+,50-,51+,52-,54+,55-,56-,57-/m1/s1. The molecule has 0 saturated carbocycles. The Morgan fingerprint density at radius 3 is 2.20 bits per heavy atom. The summed E-state index contributed by atoms with van der Waals surface area (Å²) in [6.07, 6.45) is -7.93. The zero-order valence-corrected chi connectivity index (χ0v) is 47.7. The number of cyclic esters (lactones) is 1. The largest absolute Gasteiger partial charge is 0.459 e. The van der Waals surface area contributed by atoms with Crippen molar-refractivity contribution in [2.75, 3.05) is 40.8 Å². The van der Waals surface area contributed by atoms with Crippen molar-refractivity contribution in [3.05, 3.63) is 59.5 Å². The fourth-order valence-electron chi connectivity index (χ4n) is 12.1. The number of nitrogens with zero attached hydrogens (tertiary/aromatic N) is 2. The number of rotatable bonds is 13. The Hall–Kier alpha value is -2.56. The number of nitrogens with one attached hydrogen (secondary N) is 1. The van der Waals surface area contributed by atoms with Crippen LogP contribution in [0.2, 0.25) is 0 Å². The van der Waals surface area contributed by atoms with Crippen molar-refractivity contribution in [1.29, 1.82) is 0 Å². The van der Waals surface area contributed by atoms with Gasteiger partial charge in [-0.05, 0) is 131 Å². The first-order chi connectivity index (χ1) is 34.9. The third-order valence-corrected chi connectivity index (χ3v) is 18.8. The number of hydrogen-bond acceptors (Lipinski definition) is 17. The first kappa shape index (κ1) is 59.1. The number of carbonyl (C=O) groups excluding carboxylic acids is 1. The van der Waals surface area contributed by atoms with E-state index in [9.17, 15) is 30.3 Å². The van der Waals surface area contributed by atoms with E-state index in [0.717, 1.165) is 0 Å². The molecule has 0 bridgehead atoms. The number of aliphatic hydroxyl groups is 5. The number of fused-ring (bicyclic) bond motifs is 5. The van der Waals surface area contributed by atoms with Gasteiger partial charge >= 0.3 is 5.97 Å². The topological polar surface area (TPSA) is 192 Å². The van der Waals surface area contributed by atoms with Crippen LogP contribution in [0, 0.1) is 17.8 Å². The molecule has 6 N–H and O–H groups in total. The number of ether oxygens (including phenoxy) is 6. The summed E-state index contributed by atoms with van der Waals surface area (Å²) in [7, 11) is 5.32. The average molecular weight is 1070 g/mol. The number of esters is 1. The fraction of sp³-hybridized carbons (Fsp3) is 0.702. The molecule has 3 saturated heterocycles. The maximum absolute atomic E-state index is 14.7. The van der Waals surface area contributed by atoms with Crippen LogP contribution < -0.4 is 5.32 Å². The molecule has 4 aliphatic rings. The van der Waals surface area contributed by atoms with Crippen LogP contribution in [0.4, 0.5) is 0 Å². The smallest absolute Gasteiger partial charge is 0.311 e. The molecule has 18 atom stereocenters. The van der Waals surface area contributed by atoms with Gasteiger partial charge in [-0.15, -0.1) is 11.3 Å². The molecule has 2 aromatic carbocycles. The van der Waals surface area contributed by atoms with Crippen LogP contribution in [0.25, 0.3) is 21.6 Å². The Morgan fingerprint density at radius 1 is 0.878 bits per heavy atom. The molecule has 17 heteroatoms. The third-order valence-electron chi connectivity index (χ3n) is 16.4. The van der Waals surface area contributed by atoms with Crippen LogP contribution in [-0.2, 0) is 39.8 Å². The minimum absolute atomic E-state index is 0.117. The van der Waals surface area contributed by atoms with Gasteiger partial charge in [-0.2, -0.15) is 0 Å². The molecule has 3 aromatic rings. The molecule has 74 heavy (non-hydrogen) atoms. The highest BCUT2D eigenvalue weighted by molar-refractivity contribution is 7.99. The van der Waals surface area contributed by atoms with Gasteiger partial charge in [0.2, 0.25) is 0 Å². The Morgan fingerprint density at radius 2 is 1.54 bits per heavy atom. The summed E-state index contributed by atoms with van der Waals surface area (Å²) in [5.74, 6) is -2.73. The van der Waals surface area contributed by atoms with Crippen molar-refractivity contribution in [2.45, 2.75) is 208 Å². The van der Waals surface area contributed by atoms with Crippen molar-refractivity contribution in [2.24, 2.45) is 17.8 Å². The average Bonchev–Trinajstić information content (AvgIpc) is 3.73. The lowest BCUT2D eigenvalue weighted by atomic mass is 9.77. The molecule has 0 amide bonds. The number of thiophene rings is 1. The molecule has 0 unspecified atom stereocenters. The van der Waals surface area contributed by atoms with Gasteiger partial charge in [0.15, 0.2) is 12.6 Å². The van der Waals surface area contributed by atoms with Crippen molar-refractivity contribution < 1.29 is 58.7 Å². The molecule has 5 heterocycles. The summed E-state index contributed by atoms with van der Waals surface area (Å²) >= 11 is 3.63. The summed E-state index contributed by atoms with van der Waals surface area (Å²) in [5.41, 5.74) is -0.811. The van der Waals surface area contributed by atoms with Gasteiger partial charge in [0.25, 0.3) is 0 Å². The van der Waals surface area contributed by atoms with E-state index >= 15 is 0 Å². The first-order valence-electron chi connectivity index (χ1n) is 26.9. The zero-order valence-electron chi connectivity index (χ0n) is 46.0. The molecule has 0 radical (unpaired) electrons. The second-order valence-electron chi connectivity index (χ2n) is 22.8. The van der Waals surface area contributed by atoms with Crippen LogP contribution in [0.1, 0.15) is 106 Å². The Kier molecular flexibility index (Phi) is 19.7. The third kappa shape index (κ3) is 13.0. The van der Waals surface area contributed by atoms with Gasteiger partial charge in [-0.25, -0.2) is 0 Å². The van der Waals surface area contributed by atoms with E-state index in [1.165, 1.54) is 50.3 Å². The second-order valence-corrected chi connectivity index (χ2v) is 25.0. The maximum Gasteiger partial charge on any atom is 0.311 e. The molecule has 15 nitrogen and oxygen atoms in total. The van der Waals surface area contributed by atoms with Crippen molar-refractivity contribution in [3.63, 3.8) is 0 Å². The van der Waals surface area contributed by atoms with Crippen molar-refractivity contribution >= 4 is 29.1 Å². The van der Waals surface area contributed by atoms with Crippen molar-refractivity contribution in [3.8, 4) is 21.6 Å². The monoisotopic (exact) mass is 1070 g/mol. The van der Waals surface area contributed by atoms with E-state index in [1.807, 2.05) is 62.9 Å². The van der Waals surface area contributed by atoms with Crippen LogP contribution in [0.3, 0.4) is 0 Å². The van der Waals surface area contributed by atoms with E-state index in [-0.39, 0.29) is 37.3 Å². The van der Waals surface area contributed by atoms with Crippen LogP contribution >= 0.6 is 23.1 Å². The Balaban J connectivity index is 1.16. The minimum atomic E-state index is -1.87. The highest BCUT2D eigenvalue weighted by Gasteiger charge is 2.53. The van der Waals surface area contributed by atoms with Gasteiger partial charge in [0.1, 0.15) is 30.0 Å². The van der Waals surface area contributed by atoms with Gasteiger partial charge in [-0.3, -0.25) is 9.69 Å². The molecule has 3 fully saturated rings. The summed E-state index contributed by atoms with van der Waals surface area (Å²) in [6.45, 7) is 20.3. The molecule has 1 aromatic heterocycles. The van der Waals surface area contributed by atoms with Crippen molar-refractivity contribution in [1.82, 2.24) is 15.1 Å². The van der Waals surface area contributed by atoms with Gasteiger partial charge in [-0.1, -0.05) is 68.9 Å².